The van der Waals surface area contributed by atoms with Crippen LogP contribution in [-0.2, 0) is 11.3 Å². The Balaban J connectivity index is 2.11. The molecule has 1 aromatic heterocycles. The minimum absolute atomic E-state index is 0.0000103. The maximum Gasteiger partial charge on any atom is 0.250 e. The summed E-state index contributed by atoms with van der Waals surface area (Å²) in [5.74, 6) is 0.0706. The first-order chi connectivity index (χ1) is 8.74. The zero-order valence-electron chi connectivity index (χ0n) is 10.8. The number of nitrogens with one attached hydrogen (secondary N) is 2. The Labute approximate surface area is 107 Å². The van der Waals surface area contributed by atoms with Crippen LogP contribution in [0.15, 0.2) is 29.2 Å². The van der Waals surface area contributed by atoms with E-state index in [1.54, 1.807) is 16.8 Å². The van der Waals surface area contributed by atoms with Gasteiger partial charge in [0.2, 0.25) is 5.91 Å². The highest BCUT2D eigenvalue weighted by Gasteiger charge is 1.99. The van der Waals surface area contributed by atoms with E-state index >= 15 is 0 Å². The van der Waals surface area contributed by atoms with E-state index in [1.807, 2.05) is 13.0 Å². The van der Waals surface area contributed by atoms with E-state index in [4.69, 9.17) is 0 Å². The highest BCUT2D eigenvalue weighted by Crippen LogP contribution is 1.82. The molecule has 5 nitrogen and oxygen atoms in total. The van der Waals surface area contributed by atoms with E-state index < -0.39 is 0 Å². The van der Waals surface area contributed by atoms with E-state index in [9.17, 15) is 9.59 Å². The topological polar surface area (TPSA) is 63.1 Å². The second-order valence-corrected chi connectivity index (χ2v) is 4.08. The molecule has 18 heavy (non-hydrogen) atoms. The van der Waals surface area contributed by atoms with Crippen molar-refractivity contribution in [1.82, 2.24) is 15.2 Å². The third-order valence-corrected chi connectivity index (χ3v) is 2.53. The van der Waals surface area contributed by atoms with E-state index in [1.165, 1.54) is 6.07 Å². The molecular weight excluding hydrogens is 230 g/mol. The van der Waals surface area contributed by atoms with Crippen LogP contribution < -0.4 is 16.2 Å². The summed E-state index contributed by atoms with van der Waals surface area (Å²) in [5.41, 5.74) is -0.0000103. The summed E-state index contributed by atoms with van der Waals surface area (Å²) >= 11 is 0. The van der Waals surface area contributed by atoms with Gasteiger partial charge in [0.1, 0.15) is 0 Å². The standard InChI is InChI=1S/C13H21N3O2/c1-2-7-15-12(17)6-8-14-9-11-16-10-4-3-5-13(16)18/h3-5,10,14H,2,6-9,11H2,1H3,(H,15,17). The van der Waals surface area contributed by atoms with Crippen LogP contribution in [0.1, 0.15) is 19.8 Å². The SMILES string of the molecule is CCCNC(=O)CCNCCn1ccccc1=O. The van der Waals surface area contributed by atoms with E-state index in [0.717, 1.165) is 13.0 Å². The molecule has 0 unspecified atom stereocenters. The second kappa shape index (κ2) is 8.47. The Bertz CT molecular complexity index is 415. The molecule has 0 aliphatic rings. The molecule has 1 amide bonds. The van der Waals surface area contributed by atoms with Crippen LogP contribution in [-0.4, -0.2) is 30.1 Å². The Morgan fingerprint density at radius 1 is 1.28 bits per heavy atom. The number of rotatable bonds is 8. The van der Waals surface area contributed by atoms with Crippen molar-refractivity contribution in [2.24, 2.45) is 0 Å². The van der Waals surface area contributed by atoms with Gasteiger partial charge in [0.25, 0.3) is 5.56 Å². The summed E-state index contributed by atoms with van der Waals surface area (Å²) in [6.45, 7) is 4.70. The molecule has 0 atom stereocenters. The van der Waals surface area contributed by atoms with Gasteiger partial charge in [-0.2, -0.15) is 0 Å². The Hall–Kier alpha value is -1.62. The van der Waals surface area contributed by atoms with Crippen LogP contribution in [0.5, 0.6) is 0 Å². The molecule has 0 saturated carbocycles. The number of aromatic nitrogens is 1. The normalized spacial score (nSPS) is 10.3. The molecule has 0 aliphatic heterocycles. The molecule has 0 radical (unpaired) electrons. The maximum atomic E-state index is 11.4. The average molecular weight is 251 g/mol. The Morgan fingerprint density at radius 3 is 2.83 bits per heavy atom. The minimum Gasteiger partial charge on any atom is -0.356 e. The van der Waals surface area contributed by atoms with Gasteiger partial charge >= 0.3 is 0 Å². The maximum absolute atomic E-state index is 11.4. The fraction of sp³-hybridized carbons (Fsp3) is 0.538. The lowest BCUT2D eigenvalue weighted by Gasteiger charge is -2.07. The highest BCUT2D eigenvalue weighted by molar-refractivity contribution is 5.75. The number of carbonyl (C=O) groups is 1. The van der Waals surface area contributed by atoms with Crippen molar-refractivity contribution in [3.05, 3.63) is 34.7 Å². The lowest BCUT2D eigenvalue weighted by molar-refractivity contribution is -0.120. The molecule has 0 bridgehead atoms. The zero-order valence-corrected chi connectivity index (χ0v) is 10.8. The van der Waals surface area contributed by atoms with Gasteiger partial charge in [0.15, 0.2) is 0 Å². The molecule has 0 aliphatic carbocycles. The van der Waals surface area contributed by atoms with Crippen molar-refractivity contribution in [2.75, 3.05) is 19.6 Å². The summed E-state index contributed by atoms with van der Waals surface area (Å²) < 4.78 is 1.64. The van der Waals surface area contributed by atoms with Crippen LogP contribution >= 0.6 is 0 Å². The van der Waals surface area contributed by atoms with E-state index in [-0.39, 0.29) is 11.5 Å². The summed E-state index contributed by atoms with van der Waals surface area (Å²) in [5, 5.41) is 5.96. The van der Waals surface area contributed by atoms with Gasteiger partial charge < -0.3 is 15.2 Å². The van der Waals surface area contributed by atoms with Gasteiger partial charge in [0.05, 0.1) is 0 Å². The van der Waals surface area contributed by atoms with Crippen molar-refractivity contribution in [2.45, 2.75) is 26.3 Å². The Kier molecular flexibility index (Phi) is 6.79. The van der Waals surface area contributed by atoms with Crippen molar-refractivity contribution < 1.29 is 4.79 Å². The molecule has 1 rings (SSSR count). The number of hydrogen-bond donors (Lipinski definition) is 2. The van der Waals surface area contributed by atoms with Crippen molar-refractivity contribution in [1.29, 1.82) is 0 Å². The van der Waals surface area contributed by atoms with E-state index in [0.29, 0.717) is 26.1 Å². The molecule has 0 aromatic carbocycles. The summed E-state index contributed by atoms with van der Waals surface area (Å²) in [7, 11) is 0. The van der Waals surface area contributed by atoms with Crippen LogP contribution in [0, 0.1) is 0 Å². The third kappa shape index (κ3) is 5.63. The molecule has 5 heteroatoms. The van der Waals surface area contributed by atoms with Gasteiger partial charge in [-0.3, -0.25) is 9.59 Å². The van der Waals surface area contributed by atoms with Gasteiger partial charge in [-0.1, -0.05) is 13.0 Å². The molecule has 0 saturated heterocycles. The number of carbonyl (C=O) groups excluding carboxylic acids is 1. The van der Waals surface area contributed by atoms with Crippen molar-refractivity contribution in [3.63, 3.8) is 0 Å². The highest BCUT2D eigenvalue weighted by atomic mass is 16.1. The van der Waals surface area contributed by atoms with Crippen LogP contribution in [0.4, 0.5) is 0 Å². The van der Waals surface area contributed by atoms with Gasteiger partial charge in [-0.25, -0.2) is 0 Å². The average Bonchev–Trinajstić information content (AvgIpc) is 2.38. The molecular formula is C13H21N3O2. The molecule has 1 heterocycles. The third-order valence-electron chi connectivity index (χ3n) is 2.53. The molecule has 0 spiro atoms. The molecule has 100 valence electrons. The van der Waals surface area contributed by atoms with E-state index in [2.05, 4.69) is 10.6 Å². The smallest absolute Gasteiger partial charge is 0.250 e. The summed E-state index contributed by atoms with van der Waals surface area (Å²) in [4.78, 5) is 22.7. The number of hydrogen-bond acceptors (Lipinski definition) is 3. The van der Waals surface area contributed by atoms with Gasteiger partial charge in [-0.15, -0.1) is 0 Å². The molecule has 1 aromatic rings. The largest absolute Gasteiger partial charge is 0.356 e. The summed E-state index contributed by atoms with van der Waals surface area (Å²) in [6, 6.07) is 5.10. The van der Waals surface area contributed by atoms with Crippen LogP contribution in [0.2, 0.25) is 0 Å². The Morgan fingerprint density at radius 2 is 2.11 bits per heavy atom. The van der Waals surface area contributed by atoms with Crippen LogP contribution in [0.25, 0.3) is 0 Å². The lowest BCUT2D eigenvalue weighted by atomic mass is 10.3. The minimum atomic E-state index is -0.0000103. The quantitative estimate of drug-likeness (QED) is 0.656. The number of amides is 1. The first-order valence-corrected chi connectivity index (χ1v) is 6.37. The fourth-order valence-corrected chi connectivity index (χ4v) is 1.52. The molecule has 2 N–H and O–H groups in total. The second-order valence-electron chi connectivity index (χ2n) is 4.08. The van der Waals surface area contributed by atoms with Crippen LogP contribution in [0.3, 0.4) is 0 Å². The fourth-order valence-electron chi connectivity index (χ4n) is 1.52. The summed E-state index contributed by atoms with van der Waals surface area (Å²) in [6.07, 6.45) is 3.19. The van der Waals surface area contributed by atoms with Crippen molar-refractivity contribution in [3.8, 4) is 0 Å². The number of pyridine rings is 1. The monoisotopic (exact) mass is 251 g/mol. The first kappa shape index (κ1) is 14.4. The molecule has 0 fully saturated rings. The van der Waals surface area contributed by atoms with Crippen molar-refractivity contribution >= 4 is 5.91 Å². The van der Waals surface area contributed by atoms with Gasteiger partial charge in [-0.05, 0) is 12.5 Å². The first-order valence-electron chi connectivity index (χ1n) is 6.37. The predicted molar refractivity (Wildman–Crippen MR) is 71.5 cm³/mol. The zero-order chi connectivity index (χ0) is 13.2. The predicted octanol–water partition coefficient (Wildman–Crippen LogP) is 0.354. The number of nitrogens with zero attached hydrogens (tertiary/aromatic N) is 1. The lowest BCUT2D eigenvalue weighted by Crippen LogP contribution is -2.30. The van der Waals surface area contributed by atoms with Gasteiger partial charge in [0, 0.05) is 44.9 Å².